The fourth-order valence-corrected chi connectivity index (χ4v) is 1.79. The Morgan fingerprint density at radius 3 is 2.74 bits per heavy atom. The van der Waals surface area contributed by atoms with Crippen LogP contribution in [0.1, 0.15) is 23.1 Å². The lowest BCUT2D eigenvalue weighted by Crippen LogP contribution is -2.12. The molecule has 2 N–H and O–H groups in total. The fraction of sp³-hybridized carbons (Fsp3) is 0.231. The molecule has 2 aromatic rings. The van der Waals surface area contributed by atoms with Crippen molar-refractivity contribution in [3.8, 4) is 17.1 Å². The standard InChI is InChI=1S/C13H14N2O4/c1-3-19-13(17)11-8(2)14-12(15(11)18)9-6-4-5-7-10(9)16/h4-7,16,18H,3H2,1-2H3. The number of para-hydroxylation sites is 1. The van der Waals surface area contributed by atoms with E-state index >= 15 is 0 Å². The Morgan fingerprint density at radius 1 is 1.42 bits per heavy atom. The number of nitrogens with zero attached hydrogens (tertiary/aromatic N) is 2. The Morgan fingerprint density at radius 2 is 2.11 bits per heavy atom. The van der Waals surface area contributed by atoms with Crippen molar-refractivity contribution in [1.29, 1.82) is 0 Å². The third-order valence-corrected chi connectivity index (χ3v) is 2.64. The van der Waals surface area contributed by atoms with Crippen LogP contribution in [0.25, 0.3) is 11.4 Å². The van der Waals surface area contributed by atoms with Gasteiger partial charge in [-0.2, -0.15) is 4.73 Å². The van der Waals surface area contributed by atoms with Gasteiger partial charge in [-0.1, -0.05) is 12.1 Å². The predicted octanol–water partition coefficient (Wildman–Crippen LogP) is 1.98. The van der Waals surface area contributed by atoms with Crippen LogP contribution in [-0.2, 0) is 4.74 Å². The summed E-state index contributed by atoms with van der Waals surface area (Å²) < 4.78 is 5.49. The first-order valence-corrected chi connectivity index (χ1v) is 5.80. The summed E-state index contributed by atoms with van der Waals surface area (Å²) in [5.41, 5.74) is 0.628. The van der Waals surface area contributed by atoms with Crippen molar-refractivity contribution >= 4 is 5.97 Å². The second-order valence-corrected chi connectivity index (χ2v) is 3.92. The number of aromatic nitrogens is 2. The van der Waals surface area contributed by atoms with Crippen LogP contribution in [0, 0.1) is 6.92 Å². The van der Waals surface area contributed by atoms with E-state index in [2.05, 4.69) is 4.98 Å². The van der Waals surface area contributed by atoms with Crippen molar-refractivity contribution in [2.45, 2.75) is 13.8 Å². The SMILES string of the molecule is CCOC(=O)c1c(C)nc(-c2ccccc2O)n1O. The summed E-state index contributed by atoms with van der Waals surface area (Å²) in [6, 6.07) is 6.42. The largest absolute Gasteiger partial charge is 0.507 e. The number of rotatable bonds is 3. The van der Waals surface area contributed by atoms with Crippen molar-refractivity contribution < 1.29 is 19.8 Å². The Hall–Kier alpha value is -2.50. The van der Waals surface area contributed by atoms with Gasteiger partial charge in [-0.05, 0) is 26.0 Å². The third-order valence-electron chi connectivity index (χ3n) is 2.64. The molecule has 0 spiro atoms. The minimum atomic E-state index is -0.656. The molecule has 0 aliphatic carbocycles. The molecule has 0 bridgehead atoms. The van der Waals surface area contributed by atoms with Crippen molar-refractivity contribution in [2.75, 3.05) is 6.61 Å². The van der Waals surface area contributed by atoms with E-state index in [1.165, 1.54) is 6.07 Å². The number of ether oxygens (including phenoxy) is 1. The van der Waals surface area contributed by atoms with Gasteiger partial charge < -0.3 is 15.1 Å². The number of esters is 1. The summed E-state index contributed by atoms with van der Waals surface area (Å²) in [7, 11) is 0. The zero-order valence-corrected chi connectivity index (χ0v) is 10.6. The quantitative estimate of drug-likeness (QED) is 0.652. The second kappa shape index (κ2) is 5.01. The molecule has 0 aliphatic rings. The molecule has 0 aliphatic heterocycles. The van der Waals surface area contributed by atoms with Gasteiger partial charge in [-0.25, -0.2) is 9.78 Å². The van der Waals surface area contributed by atoms with Gasteiger partial charge in [0.05, 0.1) is 17.9 Å². The van der Waals surface area contributed by atoms with Gasteiger partial charge in [0.2, 0.25) is 0 Å². The molecule has 0 saturated heterocycles. The number of carbonyl (C=O) groups is 1. The zero-order chi connectivity index (χ0) is 14.0. The number of phenols is 1. The summed E-state index contributed by atoms with van der Waals surface area (Å²) in [5, 5.41) is 19.8. The number of phenolic OH excluding ortho intramolecular Hbond substituents is 1. The first-order valence-electron chi connectivity index (χ1n) is 5.80. The molecule has 0 radical (unpaired) electrons. The average molecular weight is 262 g/mol. The van der Waals surface area contributed by atoms with Crippen molar-refractivity contribution in [2.24, 2.45) is 0 Å². The van der Waals surface area contributed by atoms with E-state index in [0.29, 0.717) is 16.0 Å². The second-order valence-electron chi connectivity index (χ2n) is 3.92. The predicted molar refractivity (Wildman–Crippen MR) is 67.2 cm³/mol. The summed E-state index contributed by atoms with van der Waals surface area (Å²) in [4.78, 5) is 15.8. The molecule has 0 amide bonds. The monoisotopic (exact) mass is 262 g/mol. The van der Waals surface area contributed by atoms with Gasteiger partial charge in [0, 0.05) is 0 Å². The van der Waals surface area contributed by atoms with E-state index in [1.807, 2.05) is 0 Å². The molecule has 0 fully saturated rings. The van der Waals surface area contributed by atoms with Crippen LogP contribution in [0.15, 0.2) is 24.3 Å². The molecule has 2 rings (SSSR count). The van der Waals surface area contributed by atoms with Crippen LogP contribution in [0.5, 0.6) is 5.75 Å². The summed E-state index contributed by atoms with van der Waals surface area (Å²) in [6.07, 6.45) is 0. The van der Waals surface area contributed by atoms with E-state index in [4.69, 9.17) is 4.74 Å². The molecule has 19 heavy (non-hydrogen) atoms. The number of imidazole rings is 1. The minimum absolute atomic E-state index is 0.0294. The first-order chi connectivity index (χ1) is 9.06. The lowest BCUT2D eigenvalue weighted by atomic mass is 10.2. The van der Waals surface area contributed by atoms with Crippen molar-refractivity contribution in [3.63, 3.8) is 0 Å². The van der Waals surface area contributed by atoms with E-state index in [1.54, 1.807) is 32.0 Å². The maximum absolute atomic E-state index is 11.7. The Bertz CT molecular complexity index is 619. The van der Waals surface area contributed by atoms with Gasteiger partial charge in [0.15, 0.2) is 11.5 Å². The fourth-order valence-electron chi connectivity index (χ4n) is 1.79. The molecule has 0 saturated carbocycles. The molecular formula is C13H14N2O4. The molecule has 0 unspecified atom stereocenters. The van der Waals surface area contributed by atoms with E-state index in [-0.39, 0.29) is 23.9 Å². The topological polar surface area (TPSA) is 84.6 Å². The van der Waals surface area contributed by atoms with Gasteiger partial charge in [-0.15, -0.1) is 0 Å². The van der Waals surface area contributed by atoms with E-state index in [9.17, 15) is 15.1 Å². The van der Waals surface area contributed by atoms with Crippen molar-refractivity contribution in [1.82, 2.24) is 9.71 Å². The number of hydrogen-bond donors (Lipinski definition) is 2. The smallest absolute Gasteiger partial charge is 0.360 e. The number of aromatic hydroxyl groups is 1. The number of hydrogen-bond acceptors (Lipinski definition) is 5. The normalized spacial score (nSPS) is 10.4. The molecule has 100 valence electrons. The summed E-state index contributed by atoms with van der Waals surface area (Å²) in [5.74, 6) is -0.589. The van der Waals surface area contributed by atoms with E-state index < -0.39 is 5.97 Å². The Kier molecular flexibility index (Phi) is 3.41. The average Bonchev–Trinajstić information content (AvgIpc) is 2.66. The van der Waals surface area contributed by atoms with Crippen LogP contribution in [-0.4, -0.2) is 32.6 Å². The van der Waals surface area contributed by atoms with Crippen LogP contribution >= 0.6 is 0 Å². The number of aryl methyl sites for hydroxylation is 1. The maximum atomic E-state index is 11.7. The highest BCUT2D eigenvalue weighted by atomic mass is 16.5. The van der Waals surface area contributed by atoms with Gasteiger partial charge in [0.1, 0.15) is 5.75 Å². The Labute approximate surface area is 109 Å². The van der Waals surface area contributed by atoms with Crippen LogP contribution in [0.4, 0.5) is 0 Å². The Balaban J connectivity index is 2.54. The van der Waals surface area contributed by atoms with Gasteiger partial charge in [0.25, 0.3) is 0 Å². The summed E-state index contributed by atoms with van der Waals surface area (Å²) >= 11 is 0. The molecule has 0 atom stereocenters. The highest BCUT2D eigenvalue weighted by molar-refractivity contribution is 5.89. The molecule has 1 aromatic heterocycles. The molecule has 1 heterocycles. The molecular weight excluding hydrogens is 248 g/mol. The minimum Gasteiger partial charge on any atom is -0.507 e. The first kappa shape index (κ1) is 12.9. The summed E-state index contributed by atoms with van der Waals surface area (Å²) in [6.45, 7) is 3.47. The number of carbonyl (C=O) groups excluding carboxylic acids is 1. The van der Waals surface area contributed by atoms with Crippen LogP contribution in [0.3, 0.4) is 0 Å². The highest BCUT2D eigenvalue weighted by Crippen LogP contribution is 2.28. The van der Waals surface area contributed by atoms with Gasteiger partial charge in [-0.3, -0.25) is 0 Å². The number of benzene rings is 1. The lowest BCUT2D eigenvalue weighted by Gasteiger charge is -2.05. The van der Waals surface area contributed by atoms with Crippen LogP contribution < -0.4 is 0 Å². The zero-order valence-electron chi connectivity index (χ0n) is 10.6. The van der Waals surface area contributed by atoms with Crippen molar-refractivity contribution in [3.05, 3.63) is 35.7 Å². The molecule has 6 nitrogen and oxygen atoms in total. The molecule has 6 heteroatoms. The van der Waals surface area contributed by atoms with E-state index in [0.717, 1.165) is 0 Å². The van der Waals surface area contributed by atoms with Gasteiger partial charge >= 0.3 is 5.97 Å². The third kappa shape index (κ3) is 2.24. The highest BCUT2D eigenvalue weighted by Gasteiger charge is 2.23. The lowest BCUT2D eigenvalue weighted by molar-refractivity contribution is 0.0476. The van der Waals surface area contributed by atoms with Crippen LogP contribution in [0.2, 0.25) is 0 Å². The molecule has 1 aromatic carbocycles. The maximum Gasteiger partial charge on any atom is 0.360 e.